The van der Waals surface area contributed by atoms with Crippen molar-refractivity contribution in [2.75, 3.05) is 19.8 Å². The summed E-state index contributed by atoms with van der Waals surface area (Å²) in [6.45, 7) is 2.66. The van der Waals surface area contributed by atoms with Crippen LogP contribution in [0.25, 0.3) is 0 Å². The maximum absolute atomic E-state index is 13.0. The van der Waals surface area contributed by atoms with Gasteiger partial charge in [0, 0.05) is 19.1 Å². The molecule has 0 spiro atoms. The van der Waals surface area contributed by atoms with E-state index in [1.165, 1.54) is 12.8 Å². The third kappa shape index (κ3) is 3.21. The van der Waals surface area contributed by atoms with E-state index in [1.807, 2.05) is 18.2 Å². The highest BCUT2D eigenvalue weighted by Crippen LogP contribution is 2.32. The number of hydrazine groups is 1. The zero-order valence-corrected chi connectivity index (χ0v) is 13.9. The summed E-state index contributed by atoms with van der Waals surface area (Å²) in [5.41, 5.74) is 7.28. The van der Waals surface area contributed by atoms with Crippen molar-refractivity contribution in [1.82, 2.24) is 15.8 Å². The predicted molar refractivity (Wildman–Crippen MR) is 89.8 cm³/mol. The van der Waals surface area contributed by atoms with Crippen molar-refractivity contribution in [3.05, 3.63) is 23.8 Å². The summed E-state index contributed by atoms with van der Waals surface area (Å²) in [7, 11) is 0. The van der Waals surface area contributed by atoms with Gasteiger partial charge in [-0.1, -0.05) is 18.9 Å². The Morgan fingerprint density at radius 3 is 2.67 bits per heavy atom. The number of ether oxygens (including phenoxy) is 2. The largest absolute Gasteiger partial charge is 0.486 e. The molecule has 0 aromatic heterocycles. The molecule has 6 nitrogen and oxygen atoms in total. The Bertz CT molecular complexity index is 595. The van der Waals surface area contributed by atoms with Crippen LogP contribution in [0.1, 0.15) is 37.7 Å². The van der Waals surface area contributed by atoms with Crippen molar-refractivity contribution >= 4 is 5.91 Å². The first-order valence-electron chi connectivity index (χ1n) is 8.98. The van der Waals surface area contributed by atoms with E-state index in [0.29, 0.717) is 25.8 Å². The van der Waals surface area contributed by atoms with E-state index in [0.717, 1.165) is 42.9 Å². The minimum Gasteiger partial charge on any atom is -0.486 e. The van der Waals surface area contributed by atoms with E-state index in [1.54, 1.807) is 0 Å². The summed E-state index contributed by atoms with van der Waals surface area (Å²) >= 11 is 0. The average molecular weight is 331 g/mol. The van der Waals surface area contributed by atoms with Gasteiger partial charge in [-0.25, -0.2) is 5.43 Å². The van der Waals surface area contributed by atoms with Gasteiger partial charge in [0.15, 0.2) is 11.5 Å². The summed E-state index contributed by atoms with van der Waals surface area (Å²) in [4.78, 5) is 15.1. The summed E-state index contributed by atoms with van der Waals surface area (Å²) in [5, 5.41) is 0. The number of rotatable bonds is 4. The highest BCUT2D eigenvalue weighted by atomic mass is 16.6. The molecule has 4 rings (SSSR count). The Balaban J connectivity index is 1.53. The minimum absolute atomic E-state index is 0.109. The zero-order chi connectivity index (χ0) is 16.4. The van der Waals surface area contributed by atoms with E-state index in [4.69, 9.17) is 9.47 Å². The number of amides is 1. The highest BCUT2D eigenvalue weighted by Gasteiger charge is 2.33. The van der Waals surface area contributed by atoms with E-state index < -0.39 is 0 Å². The zero-order valence-electron chi connectivity index (χ0n) is 13.9. The monoisotopic (exact) mass is 331 g/mol. The topological polar surface area (TPSA) is 62.8 Å². The van der Waals surface area contributed by atoms with Crippen LogP contribution in [0.2, 0.25) is 0 Å². The molecule has 3 aliphatic rings. The van der Waals surface area contributed by atoms with Crippen LogP contribution in [0.15, 0.2) is 18.2 Å². The molecule has 1 aromatic carbocycles. The Hall–Kier alpha value is -1.79. The lowest BCUT2D eigenvalue weighted by atomic mass is 10.1. The molecule has 1 aliphatic carbocycles. The molecular weight excluding hydrogens is 306 g/mol. The number of nitrogens with one attached hydrogen (secondary N) is 2. The molecular formula is C18H25N3O3. The second kappa shape index (κ2) is 6.99. The molecule has 2 N–H and O–H groups in total. The van der Waals surface area contributed by atoms with Crippen molar-refractivity contribution < 1.29 is 14.3 Å². The molecule has 1 saturated heterocycles. The van der Waals surface area contributed by atoms with E-state index in [9.17, 15) is 4.79 Å². The summed E-state index contributed by atoms with van der Waals surface area (Å²) in [6.07, 6.45) is 5.49. The molecule has 1 aromatic rings. The number of benzene rings is 1. The van der Waals surface area contributed by atoms with Gasteiger partial charge in [-0.3, -0.25) is 10.2 Å². The minimum atomic E-state index is -0.109. The van der Waals surface area contributed by atoms with Crippen LogP contribution < -0.4 is 20.3 Å². The van der Waals surface area contributed by atoms with Crippen molar-refractivity contribution in [2.24, 2.45) is 0 Å². The molecule has 1 amide bonds. The number of hydrogen-bond donors (Lipinski definition) is 2. The lowest BCUT2D eigenvalue weighted by molar-refractivity contribution is -0.136. The molecule has 2 heterocycles. The van der Waals surface area contributed by atoms with Gasteiger partial charge in [-0.05, 0) is 37.0 Å². The number of carbonyl (C=O) groups excluding carboxylic acids is 1. The summed E-state index contributed by atoms with van der Waals surface area (Å²) in [6, 6.07) is 6.26. The van der Waals surface area contributed by atoms with Crippen LogP contribution in [-0.2, 0) is 11.3 Å². The van der Waals surface area contributed by atoms with Crippen molar-refractivity contribution in [3.8, 4) is 11.5 Å². The van der Waals surface area contributed by atoms with Crippen molar-refractivity contribution in [1.29, 1.82) is 0 Å². The maximum Gasteiger partial charge on any atom is 0.241 e. The van der Waals surface area contributed by atoms with E-state index in [-0.39, 0.29) is 11.9 Å². The fourth-order valence-corrected chi connectivity index (χ4v) is 3.86. The maximum atomic E-state index is 13.0. The first-order valence-corrected chi connectivity index (χ1v) is 8.98. The SMILES string of the molecule is O=C(C1CCNN1)N(Cc1ccc2c(c1)OCCO2)C1CCCC1. The molecule has 1 unspecified atom stereocenters. The standard InChI is InChI=1S/C18H25N3O3/c22-18(15-7-8-19-20-15)21(14-3-1-2-4-14)12-13-5-6-16-17(11-13)24-10-9-23-16/h5-6,11,14-15,19-20H,1-4,7-10,12H2. The Kier molecular flexibility index (Phi) is 4.58. The van der Waals surface area contributed by atoms with Crippen LogP contribution in [0.5, 0.6) is 11.5 Å². The van der Waals surface area contributed by atoms with Gasteiger partial charge < -0.3 is 14.4 Å². The number of nitrogens with zero attached hydrogens (tertiary/aromatic N) is 1. The second-order valence-corrected chi connectivity index (χ2v) is 6.79. The normalized spacial score (nSPS) is 23.4. The molecule has 6 heteroatoms. The Morgan fingerprint density at radius 1 is 1.12 bits per heavy atom. The molecule has 2 fully saturated rings. The van der Waals surface area contributed by atoms with Gasteiger partial charge in [0.1, 0.15) is 19.3 Å². The van der Waals surface area contributed by atoms with Crippen LogP contribution in [0, 0.1) is 0 Å². The molecule has 2 aliphatic heterocycles. The fraction of sp³-hybridized carbons (Fsp3) is 0.611. The molecule has 24 heavy (non-hydrogen) atoms. The predicted octanol–water partition coefficient (Wildman–Crippen LogP) is 1.60. The number of fused-ring (bicyclic) bond motifs is 1. The lowest BCUT2D eigenvalue weighted by Crippen LogP contribution is -2.48. The van der Waals surface area contributed by atoms with Crippen LogP contribution in [-0.4, -0.2) is 42.6 Å². The summed E-state index contributed by atoms with van der Waals surface area (Å²) < 4.78 is 11.3. The first kappa shape index (κ1) is 15.7. The molecule has 0 radical (unpaired) electrons. The van der Waals surface area contributed by atoms with Crippen LogP contribution in [0.3, 0.4) is 0 Å². The van der Waals surface area contributed by atoms with Gasteiger partial charge in [0.2, 0.25) is 5.91 Å². The molecule has 1 atom stereocenters. The first-order chi connectivity index (χ1) is 11.8. The quantitative estimate of drug-likeness (QED) is 0.877. The Morgan fingerprint density at radius 2 is 1.92 bits per heavy atom. The van der Waals surface area contributed by atoms with Gasteiger partial charge in [0.25, 0.3) is 0 Å². The fourth-order valence-electron chi connectivity index (χ4n) is 3.86. The average Bonchev–Trinajstić information content (AvgIpc) is 3.32. The number of hydrogen-bond acceptors (Lipinski definition) is 5. The molecule has 1 saturated carbocycles. The highest BCUT2D eigenvalue weighted by molar-refractivity contribution is 5.82. The van der Waals surface area contributed by atoms with Crippen molar-refractivity contribution in [3.63, 3.8) is 0 Å². The second-order valence-electron chi connectivity index (χ2n) is 6.79. The molecule has 130 valence electrons. The van der Waals surface area contributed by atoms with E-state index in [2.05, 4.69) is 15.8 Å². The number of carbonyl (C=O) groups is 1. The van der Waals surface area contributed by atoms with Crippen molar-refractivity contribution in [2.45, 2.75) is 50.7 Å². The third-order valence-corrected chi connectivity index (χ3v) is 5.14. The third-order valence-electron chi connectivity index (χ3n) is 5.14. The van der Waals surface area contributed by atoms with Gasteiger partial charge in [-0.15, -0.1) is 0 Å². The smallest absolute Gasteiger partial charge is 0.241 e. The van der Waals surface area contributed by atoms with Crippen LogP contribution in [0.4, 0.5) is 0 Å². The lowest BCUT2D eigenvalue weighted by Gasteiger charge is -2.31. The van der Waals surface area contributed by atoms with Crippen LogP contribution >= 0.6 is 0 Å². The van der Waals surface area contributed by atoms with Gasteiger partial charge in [-0.2, -0.15) is 0 Å². The summed E-state index contributed by atoms with van der Waals surface area (Å²) in [5.74, 6) is 1.80. The van der Waals surface area contributed by atoms with Gasteiger partial charge >= 0.3 is 0 Å². The Labute approximate surface area is 142 Å². The van der Waals surface area contributed by atoms with Gasteiger partial charge in [0.05, 0.1) is 0 Å². The molecule has 0 bridgehead atoms. The van der Waals surface area contributed by atoms with E-state index >= 15 is 0 Å².